The molecule has 2 heterocycles. The summed E-state index contributed by atoms with van der Waals surface area (Å²) in [5.41, 5.74) is 0. The standard InChI is InChI=1S/C10H9N3O3S/c1-6-5-8(13-16-6)11-10(15)12-9(14)7-3-2-4-17-7/h2-5H,1H3,(H2,11,12,13,14,15). The van der Waals surface area contributed by atoms with Gasteiger partial charge in [0.15, 0.2) is 5.82 Å². The van der Waals surface area contributed by atoms with Crippen LogP contribution in [-0.4, -0.2) is 17.1 Å². The summed E-state index contributed by atoms with van der Waals surface area (Å²) < 4.78 is 4.77. The van der Waals surface area contributed by atoms with Gasteiger partial charge in [0.2, 0.25) is 0 Å². The first kappa shape index (κ1) is 11.3. The van der Waals surface area contributed by atoms with Gasteiger partial charge < -0.3 is 4.52 Å². The molecule has 88 valence electrons. The molecular weight excluding hydrogens is 242 g/mol. The molecule has 0 saturated heterocycles. The number of anilines is 1. The Morgan fingerprint density at radius 1 is 1.47 bits per heavy atom. The van der Waals surface area contributed by atoms with Gasteiger partial charge in [0.25, 0.3) is 5.91 Å². The van der Waals surface area contributed by atoms with Crippen LogP contribution in [0.4, 0.5) is 10.6 Å². The maximum atomic E-state index is 11.5. The van der Waals surface area contributed by atoms with Crippen molar-refractivity contribution in [1.82, 2.24) is 10.5 Å². The molecule has 2 aromatic rings. The molecular formula is C10H9N3O3S. The number of nitrogens with zero attached hydrogens (tertiary/aromatic N) is 1. The van der Waals surface area contributed by atoms with Crippen molar-refractivity contribution in [1.29, 1.82) is 0 Å². The van der Waals surface area contributed by atoms with Gasteiger partial charge in [-0.2, -0.15) is 0 Å². The number of aryl methyl sites for hydroxylation is 1. The number of urea groups is 1. The van der Waals surface area contributed by atoms with Crippen LogP contribution in [0.15, 0.2) is 28.1 Å². The molecule has 0 bridgehead atoms. The smallest absolute Gasteiger partial charge is 0.327 e. The second-order valence-electron chi connectivity index (χ2n) is 3.21. The van der Waals surface area contributed by atoms with Crippen molar-refractivity contribution in [3.63, 3.8) is 0 Å². The fraction of sp³-hybridized carbons (Fsp3) is 0.100. The average Bonchev–Trinajstić information content (AvgIpc) is 2.89. The van der Waals surface area contributed by atoms with Crippen molar-refractivity contribution >= 4 is 29.1 Å². The summed E-state index contributed by atoms with van der Waals surface area (Å²) in [7, 11) is 0. The average molecular weight is 251 g/mol. The molecule has 2 rings (SSSR count). The van der Waals surface area contributed by atoms with Crippen molar-refractivity contribution in [3.05, 3.63) is 34.2 Å². The summed E-state index contributed by atoms with van der Waals surface area (Å²) in [4.78, 5) is 23.4. The van der Waals surface area contributed by atoms with E-state index in [2.05, 4.69) is 15.8 Å². The first-order valence-corrected chi connectivity index (χ1v) is 5.62. The largest absolute Gasteiger partial charge is 0.360 e. The lowest BCUT2D eigenvalue weighted by atomic mass is 10.4. The molecule has 6 nitrogen and oxygen atoms in total. The van der Waals surface area contributed by atoms with Gasteiger partial charge in [-0.1, -0.05) is 11.2 Å². The van der Waals surface area contributed by atoms with Gasteiger partial charge in [-0.25, -0.2) is 4.79 Å². The van der Waals surface area contributed by atoms with Gasteiger partial charge >= 0.3 is 6.03 Å². The predicted octanol–water partition coefficient (Wildman–Crippen LogP) is 2.01. The highest BCUT2D eigenvalue weighted by Crippen LogP contribution is 2.09. The summed E-state index contributed by atoms with van der Waals surface area (Å²) in [6, 6.07) is 4.28. The quantitative estimate of drug-likeness (QED) is 0.855. The van der Waals surface area contributed by atoms with E-state index in [0.717, 1.165) is 0 Å². The zero-order valence-electron chi connectivity index (χ0n) is 8.89. The molecule has 0 aliphatic carbocycles. The van der Waals surface area contributed by atoms with E-state index >= 15 is 0 Å². The Balaban J connectivity index is 1.92. The van der Waals surface area contributed by atoms with Crippen LogP contribution < -0.4 is 10.6 Å². The molecule has 0 aromatic carbocycles. The van der Waals surface area contributed by atoms with Gasteiger partial charge in [0.1, 0.15) is 5.76 Å². The molecule has 0 spiro atoms. The van der Waals surface area contributed by atoms with Gasteiger partial charge in [0, 0.05) is 6.07 Å². The molecule has 7 heteroatoms. The molecule has 0 aliphatic heterocycles. The highest BCUT2D eigenvalue weighted by molar-refractivity contribution is 7.12. The first-order chi connectivity index (χ1) is 8.15. The monoisotopic (exact) mass is 251 g/mol. The number of thiophene rings is 1. The van der Waals surface area contributed by atoms with E-state index in [-0.39, 0.29) is 5.82 Å². The third kappa shape index (κ3) is 2.91. The molecule has 2 aromatic heterocycles. The summed E-state index contributed by atoms with van der Waals surface area (Å²) in [5.74, 6) is 0.390. The summed E-state index contributed by atoms with van der Waals surface area (Å²) >= 11 is 1.26. The number of amides is 3. The number of rotatable bonds is 2. The minimum Gasteiger partial charge on any atom is -0.360 e. The molecule has 0 saturated carbocycles. The SMILES string of the molecule is Cc1cc(NC(=O)NC(=O)c2cccs2)no1. The van der Waals surface area contributed by atoms with E-state index in [1.807, 2.05) is 0 Å². The van der Waals surface area contributed by atoms with Crippen LogP contribution in [0.1, 0.15) is 15.4 Å². The summed E-state index contributed by atoms with van der Waals surface area (Å²) in [6.07, 6.45) is 0. The number of carbonyl (C=O) groups is 2. The zero-order valence-corrected chi connectivity index (χ0v) is 9.71. The van der Waals surface area contributed by atoms with E-state index in [9.17, 15) is 9.59 Å². The Bertz CT molecular complexity index is 533. The Morgan fingerprint density at radius 3 is 2.88 bits per heavy atom. The second-order valence-corrected chi connectivity index (χ2v) is 4.16. The number of carbonyl (C=O) groups excluding carboxylic acids is 2. The number of hydrogen-bond acceptors (Lipinski definition) is 5. The Morgan fingerprint density at radius 2 is 2.29 bits per heavy atom. The fourth-order valence-electron chi connectivity index (χ4n) is 1.15. The highest BCUT2D eigenvalue weighted by atomic mass is 32.1. The van der Waals surface area contributed by atoms with Crippen molar-refractivity contribution in [2.45, 2.75) is 6.92 Å². The van der Waals surface area contributed by atoms with Gasteiger partial charge in [-0.3, -0.25) is 15.4 Å². The van der Waals surface area contributed by atoms with Crippen LogP contribution >= 0.6 is 11.3 Å². The Kier molecular flexibility index (Phi) is 3.20. The highest BCUT2D eigenvalue weighted by Gasteiger charge is 2.12. The lowest BCUT2D eigenvalue weighted by Gasteiger charge is -2.01. The maximum absolute atomic E-state index is 11.5. The van der Waals surface area contributed by atoms with Crippen LogP contribution in [0.2, 0.25) is 0 Å². The van der Waals surface area contributed by atoms with Crippen LogP contribution in [0, 0.1) is 6.92 Å². The van der Waals surface area contributed by atoms with E-state index in [0.29, 0.717) is 10.6 Å². The van der Waals surface area contributed by atoms with Crippen LogP contribution in [0.5, 0.6) is 0 Å². The minimum absolute atomic E-state index is 0.263. The van der Waals surface area contributed by atoms with Crippen molar-refractivity contribution < 1.29 is 14.1 Å². The molecule has 0 aliphatic rings. The van der Waals surface area contributed by atoms with E-state index in [1.54, 1.807) is 30.5 Å². The number of nitrogens with one attached hydrogen (secondary N) is 2. The lowest BCUT2D eigenvalue weighted by Crippen LogP contribution is -2.33. The number of imide groups is 1. The van der Waals surface area contributed by atoms with Crippen molar-refractivity contribution in [2.24, 2.45) is 0 Å². The van der Waals surface area contributed by atoms with Crippen LogP contribution in [0.25, 0.3) is 0 Å². The van der Waals surface area contributed by atoms with Crippen molar-refractivity contribution in [2.75, 3.05) is 5.32 Å². The molecule has 0 fully saturated rings. The third-order valence-electron chi connectivity index (χ3n) is 1.84. The molecule has 0 atom stereocenters. The minimum atomic E-state index is -0.642. The molecule has 2 N–H and O–H groups in total. The normalized spacial score (nSPS) is 9.94. The van der Waals surface area contributed by atoms with Gasteiger partial charge in [-0.05, 0) is 18.4 Å². The van der Waals surface area contributed by atoms with Crippen LogP contribution in [-0.2, 0) is 0 Å². The predicted molar refractivity (Wildman–Crippen MR) is 62.0 cm³/mol. The molecule has 17 heavy (non-hydrogen) atoms. The van der Waals surface area contributed by atoms with E-state index < -0.39 is 11.9 Å². The van der Waals surface area contributed by atoms with Gasteiger partial charge in [0.05, 0.1) is 4.88 Å². The Labute approximate surface area is 101 Å². The molecule has 0 unspecified atom stereocenters. The Hall–Kier alpha value is -2.15. The van der Waals surface area contributed by atoms with Crippen LogP contribution in [0.3, 0.4) is 0 Å². The van der Waals surface area contributed by atoms with Crippen molar-refractivity contribution in [3.8, 4) is 0 Å². The zero-order chi connectivity index (χ0) is 12.3. The molecule has 0 radical (unpaired) electrons. The first-order valence-electron chi connectivity index (χ1n) is 4.74. The maximum Gasteiger partial charge on any atom is 0.327 e. The van der Waals surface area contributed by atoms with E-state index in [1.165, 1.54) is 11.3 Å². The summed E-state index contributed by atoms with van der Waals surface area (Å²) in [6.45, 7) is 1.70. The summed E-state index contributed by atoms with van der Waals surface area (Å²) in [5, 5.41) is 9.89. The topological polar surface area (TPSA) is 84.2 Å². The van der Waals surface area contributed by atoms with E-state index in [4.69, 9.17) is 4.52 Å². The van der Waals surface area contributed by atoms with Gasteiger partial charge in [-0.15, -0.1) is 11.3 Å². The number of hydrogen-bond donors (Lipinski definition) is 2. The third-order valence-corrected chi connectivity index (χ3v) is 2.71. The second kappa shape index (κ2) is 4.79. The fourth-order valence-corrected chi connectivity index (χ4v) is 1.76. The molecule has 3 amide bonds. The number of aromatic nitrogens is 1. The lowest BCUT2D eigenvalue weighted by molar-refractivity contribution is 0.0971.